The van der Waals surface area contributed by atoms with E-state index in [0.717, 1.165) is 69.4 Å². The van der Waals surface area contributed by atoms with Gasteiger partial charge in [0.15, 0.2) is 5.69 Å². The van der Waals surface area contributed by atoms with Crippen LogP contribution >= 0.6 is 11.6 Å². The van der Waals surface area contributed by atoms with E-state index in [-0.39, 0.29) is 34.5 Å². The molecule has 67 heavy (non-hydrogen) atoms. The molecule has 5 heterocycles. The van der Waals surface area contributed by atoms with Crippen LogP contribution in [0.25, 0.3) is 21.9 Å². The van der Waals surface area contributed by atoms with E-state index < -0.39 is 17.6 Å². The number of piperazine rings is 2. The Balaban J connectivity index is 0.00000216. The number of benzene rings is 3. The molecule has 2 N–H and O–H groups in total. The molecule has 3 saturated heterocycles. The summed E-state index contributed by atoms with van der Waals surface area (Å²) in [6, 6.07) is 21.5. The molecular weight excluding hydrogens is 877 g/mol. The fraction of sp³-hybridized carbons (Fsp3) is 0.400. The maximum Gasteiger partial charge on any atom is 0.274 e. The number of nitrogens with one attached hydrogen (secondary N) is 2. The highest BCUT2D eigenvalue weighted by molar-refractivity contribution is 6.29. The summed E-state index contributed by atoms with van der Waals surface area (Å²) in [5.41, 5.74) is 4.50. The Hall–Kier alpha value is -6.36. The van der Waals surface area contributed by atoms with E-state index in [1.165, 1.54) is 18.6 Å². The molecule has 0 atom stereocenters. The monoisotopic (exact) mass is 933 g/mol. The number of alkyl halides is 1. The quantitative estimate of drug-likeness (QED) is 0.127. The first-order chi connectivity index (χ1) is 32.5. The summed E-state index contributed by atoms with van der Waals surface area (Å²) in [6.45, 7) is 10.5. The number of fused-ring (bicyclic) bond motifs is 1. The average molecular weight is 935 g/mol. The number of aldehydes is 1. The molecule has 0 spiro atoms. The van der Waals surface area contributed by atoms with Gasteiger partial charge in [0.05, 0.1) is 28.9 Å². The zero-order chi connectivity index (χ0) is 47.5. The van der Waals surface area contributed by atoms with Gasteiger partial charge in [-0.1, -0.05) is 55.5 Å². The van der Waals surface area contributed by atoms with Crippen molar-refractivity contribution >= 4 is 58.0 Å². The molecule has 15 nitrogen and oxygen atoms in total. The van der Waals surface area contributed by atoms with Crippen molar-refractivity contribution in [3.8, 4) is 11.1 Å². The number of aromatic nitrogens is 3. The largest absolute Gasteiger partial charge is 0.338 e. The van der Waals surface area contributed by atoms with Crippen molar-refractivity contribution in [2.75, 3.05) is 89.7 Å². The fourth-order valence-electron chi connectivity index (χ4n) is 8.97. The van der Waals surface area contributed by atoms with Gasteiger partial charge in [0.2, 0.25) is 11.8 Å². The molecule has 17 heteroatoms. The van der Waals surface area contributed by atoms with Gasteiger partial charge in [-0.25, -0.2) is 14.5 Å². The molecule has 5 aromatic rings. The normalized spacial score (nSPS) is 16.0. The third-order valence-corrected chi connectivity index (χ3v) is 13.0. The lowest BCUT2D eigenvalue weighted by Gasteiger charge is -2.40. The van der Waals surface area contributed by atoms with E-state index in [2.05, 4.69) is 49.4 Å². The molecule has 0 unspecified atom stereocenters. The van der Waals surface area contributed by atoms with Gasteiger partial charge in [-0.15, -0.1) is 11.6 Å². The third kappa shape index (κ3) is 12.2. The molecule has 0 aliphatic carbocycles. The van der Waals surface area contributed by atoms with Crippen LogP contribution in [0.2, 0.25) is 0 Å². The summed E-state index contributed by atoms with van der Waals surface area (Å²) < 4.78 is 15.1. The fourth-order valence-corrected chi connectivity index (χ4v) is 9.04. The minimum Gasteiger partial charge on any atom is -0.338 e. The van der Waals surface area contributed by atoms with Gasteiger partial charge in [0.1, 0.15) is 18.0 Å². The van der Waals surface area contributed by atoms with Crippen molar-refractivity contribution in [1.29, 1.82) is 0 Å². The van der Waals surface area contributed by atoms with Gasteiger partial charge in [0, 0.05) is 95.6 Å². The van der Waals surface area contributed by atoms with Crippen LogP contribution in [0, 0.1) is 11.7 Å². The van der Waals surface area contributed by atoms with E-state index in [4.69, 9.17) is 16.4 Å². The molecule has 0 radical (unpaired) electrons. The van der Waals surface area contributed by atoms with Gasteiger partial charge in [0.25, 0.3) is 17.4 Å². The maximum atomic E-state index is 15.1. The number of aryl methyl sites for hydroxylation is 1. The number of pyridine rings is 1. The standard InChI is InChI=1S/C48H53ClFN9O5.C2H4O/c1-2-32-6-5-7-35(24-32)36-27-42(52-43(60)28-49)45(51-29-36)48(64)58-14-12-33(13-15-58)30-55-16-18-56(19-17-55)31-44(61)57-20-22-59(23-21-57)47(63)39-25-34(10-11-40(39)50)26-41-37-8-3-4-9-38(37)46(62)54-53-41;1-2-3/h3-11,24-25,27,29,33H,2,12-23,26,28,30-31H2,1H3,(H,52,60)(H,54,62);2H,1H3. The van der Waals surface area contributed by atoms with Crippen molar-refractivity contribution in [3.63, 3.8) is 0 Å². The second-order valence-corrected chi connectivity index (χ2v) is 17.4. The number of anilines is 1. The molecular formula is C50H57ClFN9O6. The van der Waals surface area contributed by atoms with E-state index in [9.17, 15) is 24.0 Å². The summed E-state index contributed by atoms with van der Waals surface area (Å²) >= 11 is 5.82. The number of likely N-dealkylation sites (tertiary alicyclic amines) is 1. The van der Waals surface area contributed by atoms with Crippen LogP contribution in [-0.4, -0.2) is 154 Å². The molecule has 352 valence electrons. The second-order valence-electron chi connectivity index (χ2n) is 17.1. The van der Waals surface area contributed by atoms with E-state index in [1.54, 1.807) is 46.3 Å². The number of aromatic amines is 1. The number of H-pyrrole nitrogens is 1. The predicted octanol–water partition coefficient (Wildman–Crippen LogP) is 5.11. The highest BCUT2D eigenvalue weighted by atomic mass is 35.5. The first-order valence-electron chi connectivity index (χ1n) is 22.9. The number of carbonyl (C=O) groups excluding carboxylic acids is 5. The summed E-state index contributed by atoms with van der Waals surface area (Å²) in [7, 11) is 0. The topological polar surface area (TPSA) is 172 Å². The van der Waals surface area contributed by atoms with Crippen molar-refractivity contribution in [2.24, 2.45) is 5.92 Å². The smallest absolute Gasteiger partial charge is 0.274 e. The number of carbonyl (C=O) groups is 5. The highest BCUT2D eigenvalue weighted by Gasteiger charge is 2.31. The minimum absolute atomic E-state index is 0.0200. The first kappa shape index (κ1) is 48.6. The zero-order valence-corrected chi connectivity index (χ0v) is 38.8. The van der Waals surface area contributed by atoms with Crippen molar-refractivity contribution in [1.82, 2.24) is 39.7 Å². The number of hydrogen-bond donors (Lipinski definition) is 2. The van der Waals surface area contributed by atoms with E-state index in [1.807, 2.05) is 29.2 Å². The Morgan fingerprint density at radius 3 is 2.16 bits per heavy atom. The molecule has 3 aromatic carbocycles. The number of amides is 4. The lowest BCUT2D eigenvalue weighted by Crippen LogP contribution is -2.55. The summed E-state index contributed by atoms with van der Waals surface area (Å²) in [5, 5.41) is 10.8. The van der Waals surface area contributed by atoms with Crippen molar-refractivity contribution in [3.05, 3.63) is 123 Å². The SMILES string of the molecule is CC=O.CCc1cccc(-c2cnc(C(=O)N3CCC(CN4CCN(CC(=O)N5CCN(C(=O)c6cc(Cc7n[nH]c(=O)c8ccccc78)ccc6F)CC5)CC4)CC3)c(NC(=O)CCl)c2)c1. The number of rotatable bonds is 12. The number of hydrogen-bond acceptors (Lipinski definition) is 10. The van der Waals surface area contributed by atoms with Gasteiger partial charge in [-0.3, -0.25) is 28.9 Å². The van der Waals surface area contributed by atoms with Crippen LogP contribution in [0.5, 0.6) is 0 Å². The minimum atomic E-state index is -0.611. The van der Waals surface area contributed by atoms with Crippen LogP contribution in [0.15, 0.2) is 83.8 Å². The first-order valence-corrected chi connectivity index (χ1v) is 23.4. The Kier molecular flexibility index (Phi) is 16.6. The predicted molar refractivity (Wildman–Crippen MR) is 256 cm³/mol. The zero-order valence-electron chi connectivity index (χ0n) is 38.0. The summed E-state index contributed by atoms with van der Waals surface area (Å²) in [5.74, 6) is -1.43. The molecule has 0 saturated carbocycles. The Morgan fingerprint density at radius 1 is 0.791 bits per heavy atom. The number of piperidine rings is 1. The second kappa shape index (κ2) is 22.9. The van der Waals surface area contributed by atoms with Gasteiger partial charge in [-0.05, 0) is 73.1 Å². The van der Waals surface area contributed by atoms with Crippen molar-refractivity contribution in [2.45, 2.75) is 39.5 Å². The summed E-state index contributed by atoms with van der Waals surface area (Å²) in [4.78, 5) is 88.5. The Labute approximate surface area is 394 Å². The molecule has 3 aliphatic rings. The van der Waals surface area contributed by atoms with Crippen LogP contribution in [0.4, 0.5) is 10.1 Å². The molecule has 2 aromatic heterocycles. The molecule has 4 amide bonds. The Morgan fingerprint density at radius 2 is 1.46 bits per heavy atom. The molecule has 3 fully saturated rings. The maximum absolute atomic E-state index is 15.1. The van der Waals surface area contributed by atoms with Crippen LogP contribution < -0.4 is 10.9 Å². The lowest BCUT2D eigenvalue weighted by molar-refractivity contribution is -0.134. The van der Waals surface area contributed by atoms with E-state index in [0.29, 0.717) is 85.9 Å². The third-order valence-electron chi connectivity index (χ3n) is 12.7. The molecule has 3 aliphatic heterocycles. The summed E-state index contributed by atoms with van der Waals surface area (Å²) in [6.07, 6.45) is 5.34. The van der Waals surface area contributed by atoms with Crippen LogP contribution in [0.1, 0.15) is 64.4 Å². The van der Waals surface area contributed by atoms with Crippen molar-refractivity contribution < 1.29 is 28.4 Å². The molecule has 0 bridgehead atoms. The average Bonchev–Trinajstić information content (AvgIpc) is 3.36. The van der Waals surface area contributed by atoms with Crippen LogP contribution in [0.3, 0.4) is 0 Å². The number of halogens is 2. The lowest BCUT2D eigenvalue weighted by atomic mass is 9.95. The van der Waals surface area contributed by atoms with Gasteiger partial charge >= 0.3 is 0 Å². The van der Waals surface area contributed by atoms with Gasteiger partial charge < -0.3 is 29.7 Å². The highest BCUT2D eigenvalue weighted by Crippen LogP contribution is 2.28. The number of nitrogens with zero attached hydrogens (tertiary/aromatic N) is 7. The Bertz CT molecular complexity index is 2640. The van der Waals surface area contributed by atoms with Gasteiger partial charge in [-0.2, -0.15) is 5.10 Å². The molecule has 8 rings (SSSR count). The van der Waals surface area contributed by atoms with E-state index >= 15 is 4.39 Å². The van der Waals surface area contributed by atoms with Crippen LogP contribution in [-0.2, 0) is 27.2 Å².